The van der Waals surface area contributed by atoms with E-state index in [1.807, 2.05) is 24.6 Å². The molecule has 1 aromatic carbocycles. The summed E-state index contributed by atoms with van der Waals surface area (Å²) in [6.07, 6.45) is 3.92. The molecule has 3 aromatic heterocycles. The minimum atomic E-state index is 0.700. The zero-order valence-corrected chi connectivity index (χ0v) is 15.0. The Morgan fingerprint density at radius 1 is 1.13 bits per heavy atom. The minimum absolute atomic E-state index is 0.700. The Morgan fingerprint density at radius 2 is 2.00 bits per heavy atom. The second kappa shape index (κ2) is 5.66. The van der Waals surface area contributed by atoms with E-state index >= 15 is 0 Å². The van der Waals surface area contributed by atoms with E-state index in [0.717, 1.165) is 36.0 Å². The third-order valence-corrected chi connectivity index (χ3v) is 6.23. The van der Waals surface area contributed by atoms with Crippen LogP contribution in [0.2, 0.25) is 0 Å². The summed E-state index contributed by atoms with van der Waals surface area (Å²) in [6, 6.07) is 3.80. The van der Waals surface area contributed by atoms with Crippen molar-refractivity contribution in [3.63, 3.8) is 0 Å². The Bertz CT molecular complexity index is 973. The normalized spacial score (nSPS) is 11.4. The number of hydrogen-bond donors (Lipinski definition) is 0. The Hall–Kier alpha value is -1.84. The van der Waals surface area contributed by atoms with E-state index in [1.165, 1.54) is 0 Å². The topological polar surface area (TPSA) is 61.5 Å². The zero-order chi connectivity index (χ0) is 16.0. The Kier molecular flexibility index (Phi) is 3.63. The Labute approximate surface area is 144 Å². The average molecular weight is 364 g/mol. The number of rotatable bonds is 4. The molecule has 0 aliphatic heterocycles. The molecule has 4 rings (SSSR count). The molecular weight excluding hydrogens is 352 g/mol. The lowest BCUT2D eigenvalue weighted by atomic mass is 10.3. The van der Waals surface area contributed by atoms with Gasteiger partial charge in [-0.1, -0.05) is 23.1 Å². The van der Waals surface area contributed by atoms with Gasteiger partial charge in [-0.05, 0) is 12.3 Å². The molecule has 3 heterocycles. The molecule has 0 atom stereocenters. The van der Waals surface area contributed by atoms with Gasteiger partial charge in [-0.15, -0.1) is 16.4 Å². The molecule has 118 valence electrons. The van der Waals surface area contributed by atoms with Crippen molar-refractivity contribution in [2.75, 3.05) is 20.5 Å². The van der Waals surface area contributed by atoms with Crippen LogP contribution in [0.5, 0.6) is 11.5 Å². The van der Waals surface area contributed by atoms with Crippen LogP contribution in [0.3, 0.4) is 0 Å². The molecule has 9 heteroatoms. The summed E-state index contributed by atoms with van der Waals surface area (Å²) in [6.45, 7) is 0. The lowest BCUT2D eigenvalue weighted by molar-refractivity contribution is 0.397. The highest BCUT2D eigenvalue weighted by atomic mass is 32.2. The number of hydrogen-bond acceptors (Lipinski definition) is 8. The number of thiazole rings is 1. The highest BCUT2D eigenvalue weighted by Crippen LogP contribution is 2.38. The molecule has 0 aliphatic carbocycles. The Balaban J connectivity index is 1.84. The van der Waals surface area contributed by atoms with Crippen molar-refractivity contribution in [2.24, 2.45) is 0 Å². The van der Waals surface area contributed by atoms with Crippen molar-refractivity contribution in [3.8, 4) is 22.2 Å². The summed E-state index contributed by atoms with van der Waals surface area (Å²) in [7, 11) is 3.27. The number of ether oxygens (including phenoxy) is 2. The smallest absolute Gasteiger partial charge is 0.213 e. The van der Waals surface area contributed by atoms with Crippen molar-refractivity contribution < 1.29 is 9.47 Å². The fraction of sp³-hybridized carbons (Fsp3) is 0.214. The number of benzene rings is 1. The summed E-state index contributed by atoms with van der Waals surface area (Å²) in [5.74, 6) is 1.45. The fourth-order valence-electron chi connectivity index (χ4n) is 2.23. The average Bonchev–Trinajstić information content (AvgIpc) is 3.24. The van der Waals surface area contributed by atoms with Gasteiger partial charge in [-0.2, -0.15) is 0 Å². The molecule has 0 amide bonds. The van der Waals surface area contributed by atoms with Crippen LogP contribution in [-0.4, -0.2) is 40.1 Å². The first-order chi connectivity index (χ1) is 11.2. The molecule has 6 nitrogen and oxygen atoms in total. The summed E-state index contributed by atoms with van der Waals surface area (Å²) in [4.78, 5) is 10.2. The monoisotopic (exact) mass is 364 g/mol. The molecule has 0 radical (unpaired) electrons. The molecule has 0 fully saturated rings. The molecule has 0 unspecified atom stereocenters. The zero-order valence-electron chi connectivity index (χ0n) is 12.6. The van der Waals surface area contributed by atoms with E-state index in [4.69, 9.17) is 9.47 Å². The molecule has 0 aliphatic rings. The second-order valence-electron chi connectivity index (χ2n) is 4.62. The summed E-state index contributed by atoms with van der Waals surface area (Å²) < 4.78 is 14.5. The van der Waals surface area contributed by atoms with Gasteiger partial charge in [0.05, 0.1) is 25.1 Å². The van der Waals surface area contributed by atoms with Crippen molar-refractivity contribution >= 4 is 49.6 Å². The van der Waals surface area contributed by atoms with Crippen molar-refractivity contribution in [2.45, 2.75) is 4.34 Å². The van der Waals surface area contributed by atoms with Crippen LogP contribution >= 0.6 is 34.4 Å². The molecule has 0 spiro atoms. The van der Waals surface area contributed by atoms with Gasteiger partial charge in [0, 0.05) is 6.07 Å². The molecule has 0 saturated carbocycles. The number of aromatic nitrogens is 4. The fourth-order valence-corrected chi connectivity index (χ4v) is 4.53. The third kappa shape index (κ3) is 2.44. The van der Waals surface area contributed by atoms with Crippen LogP contribution in [0.25, 0.3) is 25.9 Å². The van der Waals surface area contributed by atoms with Crippen molar-refractivity contribution in [3.05, 3.63) is 18.3 Å². The van der Waals surface area contributed by atoms with Gasteiger partial charge in [-0.25, -0.2) is 14.5 Å². The van der Waals surface area contributed by atoms with Crippen LogP contribution in [-0.2, 0) is 0 Å². The van der Waals surface area contributed by atoms with Gasteiger partial charge in [0.15, 0.2) is 4.34 Å². The lowest BCUT2D eigenvalue weighted by Gasteiger charge is -2.03. The first kappa shape index (κ1) is 14.7. The maximum absolute atomic E-state index is 5.42. The third-order valence-electron chi connectivity index (χ3n) is 3.31. The number of imidazole rings is 1. The van der Waals surface area contributed by atoms with Crippen LogP contribution < -0.4 is 9.47 Å². The maximum atomic E-state index is 5.42. The van der Waals surface area contributed by atoms with Crippen LogP contribution in [0, 0.1) is 0 Å². The lowest BCUT2D eigenvalue weighted by Crippen LogP contribution is -1.87. The molecule has 4 aromatic rings. The van der Waals surface area contributed by atoms with E-state index in [-0.39, 0.29) is 0 Å². The van der Waals surface area contributed by atoms with E-state index in [2.05, 4.69) is 15.1 Å². The van der Waals surface area contributed by atoms with E-state index in [9.17, 15) is 0 Å². The van der Waals surface area contributed by atoms with Crippen LogP contribution in [0.4, 0.5) is 0 Å². The largest absolute Gasteiger partial charge is 0.497 e. The van der Waals surface area contributed by atoms with Gasteiger partial charge in [0.25, 0.3) is 0 Å². The SMILES string of the molecule is COc1cc(OC)c2nc(-c3cn4nc(SC)sc4n3)sc2c1. The van der Waals surface area contributed by atoms with E-state index < -0.39 is 0 Å². The van der Waals surface area contributed by atoms with Crippen molar-refractivity contribution in [1.29, 1.82) is 0 Å². The molecule has 0 N–H and O–H groups in total. The maximum Gasteiger partial charge on any atom is 0.213 e. The quantitative estimate of drug-likeness (QED) is 0.513. The second-order valence-corrected chi connectivity index (χ2v) is 7.66. The van der Waals surface area contributed by atoms with E-state index in [0.29, 0.717) is 5.75 Å². The van der Waals surface area contributed by atoms with Gasteiger partial charge < -0.3 is 9.47 Å². The first-order valence-corrected chi connectivity index (χ1v) is 9.50. The summed E-state index contributed by atoms with van der Waals surface area (Å²) >= 11 is 4.75. The van der Waals surface area contributed by atoms with Gasteiger partial charge in [-0.3, -0.25) is 0 Å². The summed E-state index contributed by atoms with van der Waals surface area (Å²) in [5, 5.41) is 5.30. The predicted octanol–water partition coefficient (Wildman–Crippen LogP) is 3.81. The number of methoxy groups -OCH3 is 2. The highest BCUT2D eigenvalue weighted by molar-refractivity contribution is 8.00. The standard InChI is InChI=1S/C14H12N4O2S3/c1-19-7-4-9(20-2)11-10(5-7)22-12(16-11)8-6-18-13(15-8)23-14(17-18)21-3/h4-6H,1-3H3. The van der Waals surface area contributed by atoms with Crippen LogP contribution in [0.1, 0.15) is 0 Å². The molecule has 0 saturated heterocycles. The number of thioether (sulfide) groups is 1. The molecular formula is C14H12N4O2S3. The molecule has 0 bridgehead atoms. The van der Waals surface area contributed by atoms with Gasteiger partial charge >= 0.3 is 0 Å². The minimum Gasteiger partial charge on any atom is -0.497 e. The van der Waals surface area contributed by atoms with Gasteiger partial charge in [0.2, 0.25) is 4.96 Å². The summed E-state index contributed by atoms with van der Waals surface area (Å²) in [5.41, 5.74) is 1.64. The first-order valence-electron chi connectivity index (χ1n) is 6.65. The predicted molar refractivity (Wildman–Crippen MR) is 94.4 cm³/mol. The van der Waals surface area contributed by atoms with Crippen molar-refractivity contribution in [1.82, 2.24) is 19.6 Å². The Morgan fingerprint density at radius 3 is 2.70 bits per heavy atom. The number of fused-ring (bicyclic) bond motifs is 2. The molecule has 23 heavy (non-hydrogen) atoms. The van der Waals surface area contributed by atoms with Crippen LogP contribution in [0.15, 0.2) is 22.7 Å². The number of nitrogens with zero attached hydrogens (tertiary/aromatic N) is 4. The van der Waals surface area contributed by atoms with Gasteiger partial charge in [0.1, 0.15) is 27.7 Å². The highest BCUT2D eigenvalue weighted by Gasteiger charge is 2.16. The van der Waals surface area contributed by atoms with E-state index in [1.54, 1.807) is 53.2 Å².